The smallest absolute Gasteiger partial charge is 0.170 e. The van der Waals surface area contributed by atoms with Crippen molar-refractivity contribution in [3.63, 3.8) is 0 Å². The number of hydrogen-bond acceptors (Lipinski definition) is 3. The van der Waals surface area contributed by atoms with Crippen molar-refractivity contribution in [2.24, 2.45) is 0 Å². The lowest BCUT2D eigenvalue weighted by atomic mass is 10.0. The molecule has 0 unspecified atom stereocenters. The molecule has 1 aliphatic heterocycles. The van der Waals surface area contributed by atoms with Gasteiger partial charge < -0.3 is 10.1 Å². The van der Waals surface area contributed by atoms with Crippen LogP contribution in [0.5, 0.6) is 5.75 Å². The van der Waals surface area contributed by atoms with E-state index in [1.807, 2.05) is 6.07 Å². The van der Waals surface area contributed by atoms with Gasteiger partial charge in [0, 0.05) is 31.7 Å². The maximum atomic E-state index is 14.2. The molecule has 0 saturated carbocycles. The van der Waals surface area contributed by atoms with Crippen LogP contribution in [-0.2, 0) is 0 Å². The van der Waals surface area contributed by atoms with Gasteiger partial charge in [-0.15, -0.1) is 19.0 Å². The van der Waals surface area contributed by atoms with E-state index in [0.29, 0.717) is 5.56 Å². The Labute approximate surface area is 119 Å². The van der Waals surface area contributed by atoms with Gasteiger partial charge in [0.25, 0.3) is 0 Å². The fourth-order valence-electron chi connectivity index (χ4n) is 2.35. The third kappa shape index (κ3) is 3.47. The van der Waals surface area contributed by atoms with Gasteiger partial charge in [-0.1, -0.05) is 18.2 Å². The molecule has 1 heterocycles. The molecule has 106 valence electrons. The zero-order valence-electron chi connectivity index (χ0n) is 11.1. The zero-order valence-corrected chi connectivity index (χ0v) is 11.9. The van der Waals surface area contributed by atoms with Crippen LogP contribution in [0.4, 0.5) is 4.39 Å². The first kappa shape index (κ1) is 16.0. The van der Waals surface area contributed by atoms with Crippen LogP contribution in [0.15, 0.2) is 30.9 Å². The van der Waals surface area contributed by atoms with Gasteiger partial charge in [0.2, 0.25) is 0 Å². The molecule has 0 radical (unpaired) electrons. The van der Waals surface area contributed by atoms with Gasteiger partial charge in [-0.3, -0.25) is 4.90 Å². The van der Waals surface area contributed by atoms with Gasteiger partial charge in [-0.2, -0.15) is 0 Å². The van der Waals surface area contributed by atoms with Crippen LogP contribution in [0.25, 0.3) is 0 Å². The van der Waals surface area contributed by atoms with Crippen molar-refractivity contribution >= 4 is 12.4 Å². The van der Waals surface area contributed by atoms with Gasteiger partial charge in [0.05, 0.1) is 13.2 Å². The summed E-state index contributed by atoms with van der Waals surface area (Å²) in [7, 11) is 1.48. The molecule has 19 heavy (non-hydrogen) atoms. The molecule has 1 fully saturated rings. The molecule has 1 N–H and O–H groups in total. The van der Waals surface area contributed by atoms with Gasteiger partial charge >= 0.3 is 0 Å². The van der Waals surface area contributed by atoms with Crippen LogP contribution in [0.2, 0.25) is 0 Å². The van der Waals surface area contributed by atoms with Crippen LogP contribution in [0.3, 0.4) is 0 Å². The standard InChI is InChI=1S/C14H19FN2O.ClH/c1-3-12(17-9-7-16-8-10-17)11-5-4-6-13(18-2)14(11)15;/h3-6,12,16H,1,7-10H2,2H3;1H/t12-;/m0./s1. The number of nitrogens with zero attached hydrogens (tertiary/aromatic N) is 1. The van der Waals surface area contributed by atoms with Crippen LogP contribution in [0.1, 0.15) is 11.6 Å². The van der Waals surface area contributed by atoms with Crippen LogP contribution >= 0.6 is 12.4 Å². The van der Waals surface area contributed by atoms with Crippen molar-refractivity contribution in [1.82, 2.24) is 10.2 Å². The Kier molecular flexibility index (Phi) is 6.28. The number of piperazine rings is 1. The molecule has 3 nitrogen and oxygen atoms in total. The lowest BCUT2D eigenvalue weighted by Gasteiger charge is -2.33. The molecule has 5 heteroatoms. The summed E-state index contributed by atoms with van der Waals surface area (Å²) in [6.45, 7) is 7.49. The minimum absolute atomic E-state index is 0. The molecule has 1 aliphatic rings. The van der Waals surface area contributed by atoms with Gasteiger partial charge in [0.15, 0.2) is 11.6 Å². The van der Waals surface area contributed by atoms with Crippen LogP contribution < -0.4 is 10.1 Å². The van der Waals surface area contributed by atoms with Crippen molar-refractivity contribution < 1.29 is 9.13 Å². The number of ether oxygens (including phenoxy) is 1. The maximum Gasteiger partial charge on any atom is 0.170 e. The van der Waals surface area contributed by atoms with Crippen molar-refractivity contribution in [3.8, 4) is 5.75 Å². The molecule has 0 amide bonds. The molecule has 1 saturated heterocycles. The lowest BCUT2D eigenvalue weighted by Crippen LogP contribution is -2.44. The molecule has 1 aromatic rings. The van der Waals surface area contributed by atoms with Gasteiger partial charge in [0.1, 0.15) is 0 Å². The summed E-state index contributed by atoms with van der Waals surface area (Å²) < 4.78 is 19.3. The van der Waals surface area contributed by atoms with E-state index in [1.165, 1.54) is 7.11 Å². The Morgan fingerprint density at radius 1 is 1.42 bits per heavy atom. The summed E-state index contributed by atoms with van der Waals surface area (Å²) >= 11 is 0. The number of hydrogen-bond donors (Lipinski definition) is 1. The highest BCUT2D eigenvalue weighted by molar-refractivity contribution is 5.85. The summed E-state index contributed by atoms with van der Waals surface area (Å²) in [5.41, 5.74) is 0.631. The second-order valence-electron chi connectivity index (χ2n) is 4.33. The van der Waals surface area contributed by atoms with Crippen molar-refractivity contribution in [3.05, 3.63) is 42.2 Å². The van der Waals surface area contributed by atoms with E-state index in [-0.39, 0.29) is 30.0 Å². The first-order valence-corrected chi connectivity index (χ1v) is 6.17. The highest BCUT2D eigenvalue weighted by Crippen LogP contribution is 2.29. The number of rotatable bonds is 4. The maximum absolute atomic E-state index is 14.2. The van der Waals surface area contributed by atoms with Crippen LogP contribution in [0, 0.1) is 5.82 Å². The van der Waals surface area contributed by atoms with Gasteiger partial charge in [-0.25, -0.2) is 4.39 Å². The minimum atomic E-state index is -0.288. The first-order chi connectivity index (χ1) is 8.77. The molecule has 1 atom stereocenters. The van der Waals surface area contributed by atoms with E-state index in [4.69, 9.17) is 4.74 Å². The van der Waals surface area contributed by atoms with E-state index in [1.54, 1.807) is 18.2 Å². The molecular weight excluding hydrogens is 267 g/mol. The van der Waals surface area contributed by atoms with Crippen molar-refractivity contribution in [2.45, 2.75) is 6.04 Å². The molecular formula is C14H20ClFN2O. The van der Waals surface area contributed by atoms with Crippen LogP contribution in [-0.4, -0.2) is 38.2 Å². The first-order valence-electron chi connectivity index (χ1n) is 6.17. The van der Waals surface area contributed by atoms with E-state index >= 15 is 0 Å². The van der Waals surface area contributed by atoms with Gasteiger partial charge in [-0.05, 0) is 6.07 Å². The number of nitrogens with one attached hydrogen (secondary N) is 1. The van der Waals surface area contributed by atoms with E-state index in [0.717, 1.165) is 26.2 Å². The topological polar surface area (TPSA) is 24.5 Å². The van der Waals surface area contributed by atoms with E-state index in [9.17, 15) is 4.39 Å². The fourth-order valence-corrected chi connectivity index (χ4v) is 2.35. The summed E-state index contributed by atoms with van der Waals surface area (Å²) in [5, 5.41) is 3.29. The van der Waals surface area contributed by atoms with Crippen molar-refractivity contribution in [1.29, 1.82) is 0 Å². The monoisotopic (exact) mass is 286 g/mol. The molecule has 2 rings (SSSR count). The quantitative estimate of drug-likeness (QED) is 0.860. The Morgan fingerprint density at radius 2 is 2.11 bits per heavy atom. The Hall–Kier alpha value is -1.10. The predicted octanol–water partition coefficient (Wildman–Crippen LogP) is 2.39. The summed E-state index contributed by atoms with van der Waals surface area (Å²) in [4.78, 5) is 2.22. The van der Waals surface area contributed by atoms with E-state index < -0.39 is 0 Å². The second-order valence-corrected chi connectivity index (χ2v) is 4.33. The average Bonchev–Trinajstić information content (AvgIpc) is 2.43. The fraction of sp³-hybridized carbons (Fsp3) is 0.429. The predicted molar refractivity (Wildman–Crippen MR) is 77.6 cm³/mol. The third-order valence-electron chi connectivity index (χ3n) is 3.30. The molecule has 0 aromatic heterocycles. The summed E-state index contributed by atoms with van der Waals surface area (Å²) in [6, 6.07) is 5.15. The third-order valence-corrected chi connectivity index (χ3v) is 3.30. The highest BCUT2D eigenvalue weighted by atomic mass is 35.5. The SMILES string of the molecule is C=C[C@@H](c1cccc(OC)c1F)N1CCNCC1.Cl. The van der Waals surface area contributed by atoms with E-state index in [2.05, 4.69) is 16.8 Å². The summed E-state index contributed by atoms with van der Waals surface area (Å²) in [5.74, 6) is -0.00193. The Morgan fingerprint density at radius 3 is 2.68 bits per heavy atom. The Bertz CT molecular complexity index is 422. The number of methoxy groups -OCH3 is 1. The molecule has 0 bridgehead atoms. The zero-order chi connectivity index (χ0) is 13.0. The minimum Gasteiger partial charge on any atom is -0.494 e. The molecule has 1 aromatic carbocycles. The largest absolute Gasteiger partial charge is 0.494 e. The second kappa shape index (κ2) is 7.48. The average molecular weight is 287 g/mol. The normalized spacial score (nSPS) is 17.4. The molecule has 0 aliphatic carbocycles. The summed E-state index contributed by atoms with van der Waals surface area (Å²) in [6.07, 6.45) is 1.79. The number of benzene rings is 1. The lowest BCUT2D eigenvalue weighted by molar-refractivity contribution is 0.199. The Balaban J connectivity index is 0.00000180. The highest BCUT2D eigenvalue weighted by Gasteiger charge is 2.23. The molecule has 0 spiro atoms. The van der Waals surface area contributed by atoms with Crippen molar-refractivity contribution in [2.75, 3.05) is 33.3 Å². The number of halogens is 2.